The van der Waals surface area contributed by atoms with Crippen LogP contribution in [0.5, 0.6) is 5.88 Å². The Hall–Kier alpha value is -4.48. The van der Waals surface area contributed by atoms with Crippen molar-refractivity contribution in [3.8, 4) is 23.1 Å². The molecular weight excluding hydrogens is 452 g/mol. The zero-order chi connectivity index (χ0) is 25.1. The van der Waals surface area contributed by atoms with E-state index in [1.54, 1.807) is 29.0 Å². The normalized spacial score (nSPS) is 15.6. The van der Waals surface area contributed by atoms with E-state index >= 15 is 0 Å². The third-order valence-corrected chi connectivity index (χ3v) is 6.37. The predicted octanol–water partition coefficient (Wildman–Crippen LogP) is 3.65. The van der Waals surface area contributed by atoms with Gasteiger partial charge >= 0.3 is 0 Å². The number of carbonyl (C=O) groups excluding carboxylic acids is 1. The van der Waals surface area contributed by atoms with Crippen LogP contribution in [0.4, 0.5) is 5.69 Å². The highest BCUT2D eigenvalue weighted by atomic mass is 16.5. The molecule has 4 aromatic rings. The van der Waals surface area contributed by atoms with Gasteiger partial charge in [-0.2, -0.15) is 10.4 Å². The molecule has 1 N–H and O–H groups in total. The lowest BCUT2D eigenvalue weighted by Gasteiger charge is -2.36. The van der Waals surface area contributed by atoms with Gasteiger partial charge in [0, 0.05) is 37.6 Å². The highest BCUT2D eigenvalue weighted by molar-refractivity contribution is 6.00. The van der Waals surface area contributed by atoms with E-state index in [2.05, 4.69) is 21.5 Å². The van der Waals surface area contributed by atoms with E-state index in [-0.39, 0.29) is 11.9 Å². The van der Waals surface area contributed by atoms with Crippen molar-refractivity contribution in [1.82, 2.24) is 20.1 Å². The van der Waals surface area contributed by atoms with Gasteiger partial charge in [0.05, 0.1) is 23.9 Å². The molecule has 0 spiro atoms. The van der Waals surface area contributed by atoms with Gasteiger partial charge in [-0.25, -0.2) is 4.98 Å². The number of pyridine rings is 1. The molecule has 8 heteroatoms. The highest BCUT2D eigenvalue weighted by Gasteiger charge is 2.39. The molecule has 0 saturated carbocycles. The van der Waals surface area contributed by atoms with Gasteiger partial charge in [0.2, 0.25) is 5.88 Å². The summed E-state index contributed by atoms with van der Waals surface area (Å²) < 4.78 is 7.96. The monoisotopic (exact) mass is 478 g/mol. The van der Waals surface area contributed by atoms with Crippen molar-refractivity contribution in [2.24, 2.45) is 7.05 Å². The molecule has 2 aromatic carbocycles. The van der Waals surface area contributed by atoms with Crippen LogP contribution in [0.3, 0.4) is 0 Å². The summed E-state index contributed by atoms with van der Waals surface area (Å²) in [4.78, 5) is 19.7. The maximum atomic E-state index is 13.5. The van der Waals surface area contributed by atoms with Crippen LogP contribution in [0.1, 0.15) is 22.7 Å². The minimum Gasteiger partial charge on any atom is -0.461 e. The van der Waals surface area contributed by atoms with E-state index in [4.69, 9.17) is 10.00 Å². The van der Waals surface area contributed by atoms with Crippen molar-refractivity contribution >= 4 is 11.6 Å². The Bertz CT molecular complexity index is 1410. The number of fused-ring (bicyclic) bond motifs is 1. The molecule has 1 aliphatic heterocycles. The Labute approximate surface area is 209 Å². The number of anilines is 1. The van der Waals surface area contributed by atoms with Crippen LogP contribution in [0.25, 0.3) is 11.1 Å². The number of carbonyl (C=O) groups is 1. The smallest absolute Gasteiger partial charge is 0.270 e. The number of likely N-dealkylation sites (N-methyl/N-ethyl adjacent to an activating group) is 1. The summed E-state index contributed by atoms with van der Waals surface area (Å²) in [5.74, 6) is 0.275. The summed E-state index contributed by atoms with van der Waals surface area (Å²) in [6.07, 6.45) is 5.38. The number of nitrogens with zero attached hydrogens (tertiary/aromatic N) is 5. The first-order chi connectivity index (χ1) is 17.5. The van der Waals surface area contributed by atoms with Gasteiger partial charge < -0.3 is 15.0 Å². The molecule has 3 heterocycles. The van der Waals surface area contributed by atoms with E-state index < -0.39 is 6.10 Å². The topological polar surface area (TPSA) is 96.1 Å². The van der Waals surface area contributed by atoms with Gasteiger partial charge in [-0.1, -0.05) is 42.5 Å². The van der Waals surface area contributed by atoms with Gasteiger partial charge in [-0.15, -0.1) is 0 Å². The number of nitriles is 1. The fraction of sp³-hybridized carbons (Fsp3) is 0.214. The quantitative estimate of drug-likeness (QED) is 0.436. The molecule has 0 aliphatic carbocycles. The number of nitrogens with one attached hydrogen (secondary N) is 1. The van der Waals surface area contributed by atoms with Crippen LogP contribution in [-0.4, -0.2) is 40.4 Å². The molecule has 0 radical (unpaired) electrons. The first kappa shape index (κ1) is 23.3. The maximum Gasteiger partial charge on any atom is 0.270 e. The van der Waals surface area contributed by atoms with Crippen LogP contribution < -0.4 is 15.0 Å². The number of benzene rings is 2. The molecule has 5 rings (SSSR count). The second kappa shape index (κ2) is 10.0. The largest absolute Gasteiger partial charge is 0.461 e. The molecular formula is C28H26N6O2. The fourth-order valence-electron chi connectivity index (χ4n) is 4.37. The number of ether oxygens (including phenoxy) is 1. The minimum absolute atomic E-state index is 0.146. The molecule has 2 atom stereocenters. The number of aryl methyl sites for hydroxylation is 1. The zero-order valence-electron chi connectivity index (χ0n) is 20.1. The lowest BCUT2D eigenvalue weighted by atomic mass is 9.98. The summed E-state index contributed by atoms with van der Waals surface area (Å²) >= 11 is 0. The average Bonchev–Trinajstić information content (AvgIpc) is 3.36. The van der Waals surface area contributed by atoms with E-state index in [1.807, 2.05) is 73.9 Å². The van der Waals surface area contributed by atoms with Crippen LogP contribution >= 0.6 is 0 Å². The zero-order valence-corrected chi connectivity index (χ0v) is 20.1. The van der Waals surface area contributed by atoms with Crippen molar-refractivity contribution in [3.63, 3.8) is 0 Å². The first-order valence-electron chi connectivity index (χ1n) is 11.7. The van der Waals surface area contributed by atoms with E-state index in [1.165, 1.54) is 0 Å². The molecule has 0 bridgehead atoms. The molecule has 36 heavy (non-hydrogen) atoms. The average molecular weight is 479 g/mol. The summed E-state index contributed by atoms with van der Waals surface area (Å²) in [7, 11) is 3.61. The minimum atomic E-state index is -0.775. The van der Waals surface area contributed by atoms with E-state index in [9.17, 15) is 4.79 Å². The Balaban J connectivity index is 1.38. The number of hydrogen-bond acceptors (Lipinski definition) is 6. The summed E-state index contributed by atoms with van der Waals surface area (Å²) in [5.41, 5.74) is 5.11. The summed E-state index contributed by atoms with van der Waals surface area (Å²) in [6.45, 7) is 0.628. The molecule has 1 amide bonds. The second-order valence-electron chi connectivity index (χ2n) is 8.79. The number of aromatic nitrogens is 3. The number of hydrogen-bond donors (Lipinski definition) is 1. The second-order valence-corrected chi connectivity index (χ2v) is 8.79. The molecule has 0 saturated heterocycles. The maximum absolute atomic E-state index is 13.5. The van der Waals surface area contributed by atoms with Gasteiger partial charge in [0.25, 0.3) is 5.91 Å². The molecule has 1 aliphatic rings. The lowest BCUT2D eigenvalue weighted by Crippen LogP contribution is -2.51. The molecule has 0 unspecified atom stereocenters. The number of rotatable bonds is 7. The highest BCUT2D eigenvalue weighted by Crippen LogP contribution is 2.37. The van der Waals surface area contributed by atoms with Crippen molar-refractivity contribution in [3.05, 3.63) is 95.9 Å². The Morgan fingerprint density at radius 1 is 1.08 bits per heavy atom. The number of amides is 1. The molecule has 180 valence electrons. The van der Waals surface area contributed by atoms with E-state index in [0.717, 1.165) is 28.7 Å². The van der Waals surface area contributed by atoms with Crippen molar-refractivity contribution in [2.75, 3.05) is 18.5 Å². The Morgan fingerprint density at radius 3 is 2.56 bits per heavy atom. The Morgan fingerprint density at radius 2 is 1.86 bits per heavy atom. The first-order valence-corrected chi connectivity index (χ1v) is 11.7. The van der Waals surface area contributed by atoms with Crippen molar-refractivity contribution in [2.45, 2.75) is 18.6 Å². The van der Waals surface area contributed by atoms with Gasteiger partial charge in [0.1, 0.15) is 5.69 Å². The van der Waals surface area contributed by atoms with Crippen LogP contribution in [0.15, 0.2) is 79.3 Å². The van der Waals surface area contributed by atoms with Crippen molar-refractivity contribution < 1.29 is 9.53 Å². The SMILES string of the molecule is CN1C(=O)[C@@H]([C@H](NCCc2ccc(C#N)cc2)c2ccccc2)Oc2ncc(-c3cnn(C)c3)cc21. The third kappa shape index (κ3) is 4.69. The molecule has 8 nitrogen and oxygen atoms in total. The Kier molecular flexibility index (Phi) is 6.48. The van der Waals surface area contributed by atoms with E-state index in [0.29, 0.717) is 23.7 Å². The van der Waals surface area contributed by atoms with Crippen LogP contribution in [0, 0.1) is 11.3 Å². The van der Waals surface area contributed by atoms with Crippen LogP contribution in [-0.2, 0) is 18.3 Å². The molecule has 0 fully saturated rings. The standard InChI is InChI=1S/C28H26N6O2/c1-33-18-23(17-32-33)22-14-24-27(31-16-22)36-26(28(35)34(24)2)25(21-6-4-3-5-7-21)30-13-12-19-8-10-20(15-29)11-9-19/h3-11,14,16-18,25-26,30H,12-13H2,1-2H3/t25-,26-/m1/s1. The molecule has 2 aromatic heterocycles. The lowest BCUT2D eigenvalue weighted by molar-refractivity contribution is -0.127. The van der Waals surface area contributed by atoms with Gasteiger partial charge in [0.15, 0.2) is 6.10 Å². The summed E-state index contributed by atoms with van der Waals surface area (Å²) in [6, 6.07) is 21.0. The van der Waals surface area contributed by atoms with Crippen LogP contribution in [0.2, 0.25) is 0 Å². The summed E-state index contributed by atoms with van der Waals surface area (Å²) in [5, 5.41) is 16.8. The fourth-order valence-corrected chi connectivity index (χ4v) is 4.37. The van der Waals surface area contributed by atoms with Crippen molar-refractivity contribution in [1.29, 1.82) is 5.26 Å². The third-order valence-electron chi connectivity index (χ3n) is 6.37. The van der Waals surface area contributed by atoms with Gasteiger partial charge in [-0.3, -0.25) is 9.48 Å². The predicted molar refractivity (Wildman–Crippen MR) is 136 cm³/mol. The van der Waals surface area contributed by atoms with Gasteiger partial charge in [-0.05, 0) is 42.3 Å².